The van der Waals surface area contributed by atoms with Crippen molar-refractivity contribution >= 4 is 11.6 Å². The smallest absolute Gasteiger partial charge is 0.218 e. The highest BCUT2D eigenvalue weighted by Crippen LogP contribution is 2.14. The second-order valence-electron chi connectivity index (χ2n) is 2.62. The van der Waals surface area contributed by atoms with Crippen LogP contribution in [0, 0.1) is 0 Å². The number of rotatable bonds is 1. The quantitative estimate of drug-likeness (QED) is 0.627. The van der Waals surface area contributed by atoms with E-state index >= 15 is 0 Å². The van der Waals surface area contributed by atoms with E-state index in [0.717, 1.165) is 17.8 Å². The van der Waals surface area contributed by atoms with Crippen LogP contribution in [0.1, 0.15) is 5.56 Å². The van der Waals surface area contributed by atoms with E-state index in [1.165, 1.54) is 0 Å². The number of nitrogen functional groups attached to an aromatic ring is 1. The topological polar surface area (TPSA) is 47.6 Å². The molecule has 2 N–H and O–H groups in total. The number of ether oxygens (including phenoxy) is 1. The Labute approximate surface area is 70.9 Å². The summed E-state index contributed by atoms with van der Waals surface area (Å²) in [5.41, 5.74) is 7.36. The van der Waals surface area contributed by atoms with Gasteiger partial charge in [-0.15, -0.1) is 0 Å². The molecular formula is C9H10N2O. The lowest BCUT2D eigenvalue weighted by atomic mass is 10.2. The van der Waals surface area contributed by atoms with Gasteiger partial charge >= 0.3 is 0 Å². The molecule has 0 fully saturated rings. The average molecular weight is 162 g/mol. The van der Waals surface area contributed by atoms with Gasteiger partial charge in [-0.05, 0) is 12.1 Å². The van der Waals surface area contributed by atoms with Crippen molar-refractivity contribution in [3.63, 3.8) is 0 Å². The van der Waals surface area contributed by atoms with E-state index < -0.39 is 0 Å². The number of nitrogens with two attached hydrogens (primary N) is 1. The van der Waals surface area contributed by atoms with E-state index in [1.807, 2.05) is 24.3 Å². The highest BCUT2D eigenvalue weighted by Gasteiger charge is 2.11. The third-order valence-corrected chi connectivity index (χ3v) is 1.78. The molecule has 0 saturated heterocycles. The van der Waals surface area contributed by atoms with Crippen molar-refractivity contribution in [3.05, 3.63) is 29.8 Å². The standard InChI is InChI=1S/C9H10N2O/c10-8-4-2-1-3-7(8)9-11-5-6-12-9/h1-4H,5-6,10H2. The molecule has 1 aliphatic heterocycles. The van der Waals surface area contributed by atoms with Gasteiger partial charge in [0.15, 0.2) is 0 Å². The third-order valence-electron chi connectivity index (χ3n) is 1.78. The van der Waals surface area contributed by atoms with Gasteiger partial charge in [0.05, 0.1) is 12.1 Å². The minimum absolute atomic E-state index is 0.670. The Morgan fingerprint density at radius 3 is 2.83 bits per heavy atom. The van der Waals surface area contributed by atoms with Gasteiger partial charge in [-0.2, -0.15) is 0 Å². The zero-order chi connectivity index (χ0) is 8.39. The molecule has 1 aliphatic rings. The Morgan fingerprint density at radius 2 is 2.17 bits per heavy atom. The van der Waals surface area contributed by atoms with E-state index in [4.69, 9.17) is 10.5 Å². The van der Waals surface area contributed by atoms with Crippen molar-refractivity contribution in [2.75, 3.05) is 18.9 Å². The molecule has 62 valence electrons. The molecular weight excluding hydrogens is 152 g/mol. The molecule has 0 amide bonds. The number of hydrogen-bond donors (Lipinski definition) is 1. The van der Waals surface area contributed by atoms with Crippen LogP contribution in [0.3, 0.4) is 0 Å². The van der Waals surface area contributed by atoms with Crippen LogP contribution in [-0.4, -0.2) is 19.0 Å². The molecule has 0 unspecified atom stereocenters. The normalized spacial score (nSPS) is 15.5. The van der Waals surface area contributed by atoms with E-state index in [0.29, 0.717) is 12.5 Å². The molecule has 0 atom stereocenters. The van der Waals surface area contributed by atoms with Gasteiger partial charge in [0, 0.05) is 5.69 Å². The van der Waals surface area contributed by atoms with Crippen molar-refractivity contribution in [3.8, 4) is 0 Å². The molecule has 0 saturated carbocycles. The summed E-state index contributed by atoms with van der Waals surface area (Å²) in [6, 6.07) is 7.59. The predicted octanol–water partition coefficient (Wildman–Crippen LogP) is 1.05. The van der Waals surface area contributed by atoms with Gasteiger partial charge in [-0.1, -0.05) is 12.1 Å². The van der Waals surface area contributed by atoms with E-state index in [1.54, 1.807) is 0 Å². The molecule has 0 bridgehead atoms. The first kappa shape index (κ1) is 7.16. The molecule has 3 nitrogen and oxygen atoms in total. The monoisotopic (exact) mass is 162 g/mol. The minimum atomic E-state index is 0.670. The molecule has 12 heavy (non-hydrogen) atoms. The molecule has 2 rings (SSSR count). The maximum atomic E-state index is 5.74. The lowest BCUT2D eigenvalue weighted by molar-refractivity contribution is 0.348. The van der Waals surface area contributed by atoms with Crippen LogP contribution < -0.4 is 5.73 Å². The molecule has 1 aromatic rings. The predicted molar refractivity (Wildman–Crippen MR) is 48.2 cm³/mol. The number of benzene rings is 1. The number of anilines is 1. The number of nitrogens with zero attached hydrogens (tertiary/aromatic N) is 1. The molecule has 1 aromatic carbocycles. The fourth-order valence-electron chi connectivity index (χ4n) is 1.19. The first-order valence-electron chi connectivity index (χ1n) is 3.90. The lowest BCUT2D eigenvalue weighted by Gasteiger charge is -2.03. The van der Waals surface area contributed by atoms with Crippen molar-refractivity contribution in [2.45, 2.75) is 0 Å². The number of hydrogen-bond acceptors (Lipinski definition) is 3. The average Bonchev–Trinajstić information content (AvgIpc) is 2.57. The van der Waals surface area contributed by atoms with Crippen LogP contribution in [0.15, 0.2) is 29.3 Å². The Morgan fingerprint density at radius 1 is 1.33 bits per heavy atom. The van der Waals surface area contributed by atoms with Crippen molar-refractivity contribution in [2.24, 2.45) is 4.99 Å². The summed E-state index contributed by atoms with van der Waals surface area (Å²) in [6.07, 6.45) is 0. The Bertz CT molecular complexity index is 320. The molecule has 0 radical (unpaired) electrons. The van der Waals surface area contributed by atoms with Gasteiger partial charge in [-0.25, -0.2) is 4.99 Å². The first-order chi connectivity index (χ1) is 5.88. The SMILES string of the molecule is Nc1ccccc1C1=NCCO1. The molecule has 0 aliphatic carbocycles. The Kier molecular flexibility index (Phi) is 1.70. The van der Waals surface area contributed by atoms with Gasteiger partial charge in [0.1, 0.15) is 6.61 Å². The molecule has 0 spiro atoms. The van der Waals surface area contributed by atoms with Crippen LogP contribution >= 0.6 is 0 Å². The van der Waals surface area contributed by atoms with Crippen LogP contribution in [0.2, 0.25) is 0 Å². The Balaban J connectivity index is 2.39. The molecule has 0 aromatic heterocycles. The summed E-state index contributed by atoms with van der Waals surface area (Å²) in [4.78, 5) is 4.18. The fraction of sp³-hybridized carbons (Fsp3) is 0.222. The minimum Gasteiger partial charge on any atom is -0.475 e. The van der Waals surface area contributed by atoms with Crippen LogP contribution in [-0.2, 0) is 4.74 Å². The van der Waals surface area contributed by atoms with Crippen molar-refractivity contribution in [1.82, 2.24) is 0 Å². The summed E-state index contributed by atoms with van der Waals surface area (Å²) in [7, 11) is 0. The number of para-hydroxylation sites is 1. The summed E-state index contributed by atoms with van der Waals surface area (Å²) < 4.78 is 5.29. The zero-order valence-corrected chi connectivity index (χ0v) is 6.66. The lowest BCUT2D eigenvalue weighted by Crippen LogP contribution is -2.04. The van der Waals surface area contributed by atoms with Crippen molar-refractivity contribution < 1.29 is 4.74 Å². The third kappa shape index (κ3) is 1.13. The maximum absolute atomic E-state index is 5.74. The van der Waals surface area contributed by atoms with Crippen LogP contribution in [0.25, 0.3) is 0 Å². The summed E-state index contributed by atoms with van der Waals surface area (Å²) in [6.45, 7) is 1.41. The van der Waals surface area contributed by atoms with Gasteiger partial charge in [0.25, 0.3) is 0 Å². The highest BCUT2D eigenvalue weighted by atomic mass is 16.5. The van der Waals surface area contributed by atoms with E-state index in [9.17, 15) is 0 Å². The van der Waals surface area contributed by atoms with Crippen LogP contribution in [0.4, 0.5) is 5.69 Å². The van der Waals surface area contributed by atoms with Crippen molar-refractivity contribution in [1.29, 1.82) is 0 Å². The van der Waals surface area contributed by atoms with Gasteiger partial charge < -0.3 is 10.5 Å². The largest absolute Gasteiger partial charge is 0.475 e. The van der Waals surface area contributed by atoms with Gasteiger partial charge in [-0.3, -0.25) is 0 Å². The second kappa shape index (κ2) is 2.85. The Hall–Kier alpha value is -1.51. The summed E-state index contributed by atoms with van der Waals surface area (Å²) in [5.74, 6) is 0.674. The van der Waals surface area contributed by atoms with E-state index in [2.05, 4.69) is 4.99 Å². The summed E-state index contributed by atoms with van der Waals surface area (Å²) in [5, 5.41) is 0. The van der Waals surface area contributed by atoms with E-state index in [-0.39, 0.29) is 0 Å². The van der Waals surface area contributed by atoms with Gasteiger partial charge in [0.2, 0.25) is 5.90 Å². The second-order valence-corrected chi connectivity index (χ2v) is 2.62. The summed E-state index contributed by atoms with van der Waals surface area (Å²) >= 11 is 0. The maximum Gasteiger partial charge on any atom is 0.218 e. The molecule has 1 heterocycles. The zero-order valence-electron chi connectivity index (χ0n) is 6.66. The van der Waals surface area contributed by atoms with Crippen LogP contribution in [0.5, 0.6) is 0 Å². The first-order valence-corrected chi connectivity index (χ1v) is 3.90. The molecule has 3 heteroatoms. The highest BCUT2D eigenvalue weighted by molar-refractivity contribution is 5.99. The number of aliphatic imine (C=N–C) groups is 1. The fourth-order valence-corrected chi connectivity index (χ4v) is 1.19.